The van der Waals surface area contributed by atoms with Gasteiger partial charge in [-0.15, -0.1) is 11.3 Å². The fourth-order valence-corrected chi connectivity index (χ4v) is 5.24. The van der Waals surface area contributed by atoms with Gasteiger partial charge in [0, 0.05) is 55.9 Å². The van der Waals surface area contributed by atoms with Gasteiger partial charge in [-0.1, -0.05) is 18.2 Å². The fourth-order valence-electron chi connectivity index (χ4n) is 4.33. The first-order valence-electron chi connectivity index (χ1n) is 10.7. The van der Waals surface area contributed by atoms with Crippen molar-refractivity contribution in [3.8, 4) is 0 Å². The van der Waals surface area contributed by atoms with E-state index >= 15 is 0 Å². The number of fused-ring (bicyclic) bond motifs is 1. The minimum absolute atomic E-state index is 0.00930. The maximum absolute atomic E-state index is 12.8. The smallest absolute Gasteiger partial charge is 0.261 e. The van der Waals surface area contributed by atoms with Crippen molar-refractivity contribution in [1.29, 1.82) is 0 Å². The number of aryl methyl sites for hydroxylation is 1. The predicted octanol–water partition coefficient (Wildman–Crippen LogP) is 2.32. The third kappa shape index (κ3) is 3.99. The first-order valence-corrected chi connectivity index (χ1v) is 11.5. The molecule has 2 atom stereocenters. The zero-order chi connectivity index (χ0) is 21.4. The van der Waals surface area contributed by atoms with Crippen molar-refractivity contribution in [1.82, 2.24) is 19.4 Å². The predicted molar refractivity (Wildman–Crippen MR) is 119 cm³/mol. The van der Waals surface area contributed by atoms with Crippen LogP contribution in [0.5, 0.6) is 0 Å². The van der Waals surface area contributed by atoms with Gasteiger partial charge in [0.15, 0.2) is 0 Å². The first kappa shape index (κ1) is 19.9. The molecule has 2 amide bonds. The quantitative estimate of drug-likeness (QED) is 0.615. The van der Waals surface area contributed by atoms with E-state index in [2.05, 4.69) is 16.4 Å². The number of aromatic nitrogens is 2. The minimum Gasteiger partial charge on any atom is -0.339 e. The van der Waals surface area contributed by atoms with Crippen LogP contribution in [0.4, 0.5) is 0 Å². The molecule has 2 fully saturated rings. The molecule has 5 rings (SSSR count). The zero-order valence-electron chi connectivity index (χ0n) is 17.1. The van der Waals surface area contributed by atoms with Gasteiger partial charge >= 0.3 is 0 Å². The van der Waals surface area contributed by atoms with Gasteiger partial charge in [-0.3, -0.25) is 19.0 Å². The number of benzene rings is 1. The van der Waals surface area contributed by atoms with Crippen LogP contribution < -0.4 is 5.56 Å². The van der Waals surface area contributed by atoms with Crippen molar-refractivity contribution in [3.63, 3.8) is 0 Å². The maximum Gasteiger partial charge on any atom is 0.261 e. The largest absolute Gasteiger partial charge is 0.339 e. The molecule has 7 nitrogen and oxygen atoms in total. The number of para-hydroxylation sites is 1. The van der Waals surface area contributed by atoms with E-state index < -0.39 is 0 Å². The molecule has 8 heteroatoms. The number of nitrogens with zero attached hydrogens (tertiary/aromatic N) is 4. The number of thiophene rings is 1. The molecule has 0 bridgehead atoms. The van der Waals surface area contributed by atoms with Gasteiger partial charge in [-0.2, -0.15) is 0 Å². The molecule has 1 saturated carbocycles. The summed E-state index contributed by atoms with van der Waals surface area (Å²) in [5.41, 5.74) is 0.534. The van der Waals surface area contributed by atoms with Crippen LogP contribution >= 0.6 is 11.3 Å². The summed E-state index contributed by atoms with van der Waals surface area (Å²) in [6.45, 7) is 2.56. The third-order valence-electron chi connectivity index (χ3n) is 6.26. The summed E-state index contributed by atoms with van der Waals surface area (Å²) < 4.78 is 1.50. The number of carbonyl (C=O) groups is 2. The van der Waals surface area contributed by atoms with E-state index in [1.165, 1.54) is 15.8 Å². The molecule has 1 aliphatic heterocycles. The van der Waals surface area contributed by atoms with Crippen LogP contribution in [0.2, 0.25) is 0 Å². The third-order valence-corrected chi connectivity index (χ3v) is 7.26. The van der Waals surface area contributed by atoms with E-state index in [-0.39, 0.29) is 29.7 Å². The zero-order valence-corrected chi connectivity index (χ0v) is 18.0. The van der Waals surface area contributed by atoms with Gasteiger partial charge < -0.3 is 9.80 Å². The van der Waals surface area contributed by atoms with E-state index in [1.54, 1.807) is 28.4 Å². The molecule has 2 aliphatic rings. The molecule has 3 aromatic rings. The highest BCUT2D eigenvalue weighted by molar-refractivity contribution is 7.10. The number of hydrogen-bond donors (Lipinski definition) is 0. The number of carbonyl (C=O) groups excluding carboxylic acids is 2. The molecule has 31 heavy (non-hydrogen) atoms. The fraction of sp³-hybridized carbons (Fsp3) is 0.391. The molecule has 1 aliphatic carbocycles. The Morgan fingerprint density at radius 3 is 2.58 bits per heavy atom. The van der Waals surface area contributed by atoms with Crippen LogP contribution in [0.3, 0.4) is 0 Å². The Labute approximate surface area is 183 Å². The molecule has 0 spiro atoms. The van der Waals surface area contributed by atoms with Gasteiger partial charge in [0.2, 0.25) is 11.8 Å². The van der Waals surface area contributed by atoms with Crippen molar-refractivity contribution >= 4 is 34.1 Å². The van der Waals surface area contributed by atoms with Crippen molar-refractivity contribution in [3.05, 3.63) is 63.3 Å². The lowest BCUT2D eigenvalue weighted by atomic mass is 10.2. The molecule has 2 aromatic heterocycles. The molecular formula is C23H24N4O3S. The van der Waals surface area contributed by atoms with E-state index in [9.17, 15) is 14.4 Å². The molecular weight excluding hydrogens is 412 g/mol. The molecule has 1 aromatic carbocycles. The number of rotatable bonds is 5. The average molecular weight is 437 g/mol. The normalized spacial score (nSPS) is 20.8. The lowest BCUT2D eigenvalue weighted by molar-refractivity contribution is -0.140. The standard InChI is InChI=1S/C23H24N4O3S/c28-21(7-8-27-15-24-19-5-2-1-4-16(19)22(27)29)25-9-11-26(12-10-25)23(30)18-14-17(18)20-6-3-13-31-20/h1-6,13,15,17-18H,7-12,14H2/t17-,18-/m1/s1. The Balaban J connectivity index is 1.13. The summed E-state index contributed by atoms with van der Waals surface area (Å²) in [6.07, 6.45) is 2.69. The van der Waals surface area contributed by atoms with Crippen LogP contribution in [0, 0.1) is 5.92 Å². The Bertz CT molecular complexity index is 1170. The van der Waals surface area contributed by atoms with Crippen molar-refractivity contribution < 1.29 is 9.59 Å². The van der Waals surface area contributed by atoms with Crippen LogP contribution in [0.15, 0.2) is 52.9 Å². The lowest BCUT2D eigenvalue weighted by Gasteiger charge is -2.35. The summed E-state index contributed by atoms with van der Waals surface area (Å²) in [7, 11) is 0. The molecule has 0 N–H and O–H groups in total. The summed E-state index contributed by atoms with van der Waals surface area (Å²) in [6, 6.07) is 11.4. The minimum atomic E-state index is -0.126. The topological polar surface area (TPSA) is 75.5 Å². The summed E-state index contributed by atoms with van der Waals surface area (Å²) in [5.74, 6) is 0.712. The Kier molecular flexibility index (Phi) is 5.31. The molecule has 1 saturated heterocycles. The summed E-state index contributed by atoms with van der Waals surface area (Å²) in [4.78, 5) is 47.3. The number of amides is 2. The van der Waals surface area contributed by atoms with Crippen LogP contribution in [0.25, 0.3) is 10.9 Å². The van der Waals surface area contributed by atoms with E-state index in [0.717, 1.165) is 6.42 Å². The second-order valence-electron chi connectivity index (χ2n) is 8.18. The monoisotopic (exact) mass is 436 g/mol. The van der Waals surface area contributed by atoms with Gasteiger partial charge in [0.05, 0.1) is 17.2 Å². The summed E-state index contributed by atoms with van der Waals surface area (Å²) >= 11 is 1.72. The second-order valence-corrected chi connectivity index (χ2v) is 9.16. The van der Waals surface area contributed by atoms with Gasteiger partial charge in [0.25, 0.3) is 5.56 Å². The summed E-state index contributed by atoms with van der Waals surface area (Å²) in [5, 5.41) is 2.62. The number of hydrogen-bond acceptors (Lipinski definition) is 5. The van der Waals surface area contributed by atoms with Crippen molar-refractivity contribution in [2.75, 3.05) is 26.2 Å². The average Bonchev–Trinajstić information content (AvgIpc) is 3.42. The van der Waals surface area contributed by atoms with E-state index in [0.29, 0.717) is 49.5 Å². The van der Waals surface area contributed by atoms with E-state index in [1.807, 2.05) is 23.1 Å². The van der Waals surface area contributed by atoms with Gasteiger partial charge in [-0.05, 0) is 30.0 Å². The second kappa shape index (κ2) is 8.26. The molecule has 0 radical (unpaired) electrons. The van der Waals surface area contributed by atoms with Crippen molar-refractivity contribution in [2.24, 2.45) is 5.92 Å². The first-order chi connectivity index (χ1) is 15.1. The van der Waals surface area contributed by atoms with Crippen LogP contribution in [0.1, 0.15) is 23.6 Å². The van der Waals surface area contributed by atoms with Crippen molar-refractivity contribution in [2.45, 2.75) is 25.3 Å². The maximum atomic E-state index is 12.8. The molecule has 160 valence electrons. The molecule has 3 heterocycles. The Morgan fingerprint density at radius 2 is 1.81 bits per heavy atom. The number of piperazine rings is 1. The van der Waals surface area contributed by atoms with E-state index in [4.69, 9.17) is 0 Å². The Hall–Kier alpha value is -3.00. The highest BCUT2D eigenvalue weighted by Crippen LogP contribution is 2.50. The van der Waals surface area contributed by atoms with Gasteiger partial charge in [0.1, 0.15) is 0 Å². The van der Waals surface area contributed by atoms with Crippen LogP contribution in [-0.2, 0) is 16.1 Å². The lowest BCUT2D eigenvalue weighted by Crippen LogP contribution is -2.51. The Morgan fingerprint density at radius 1 is 1.03 bits per heavy atom. The van der Waals surface area contributed by atoms with Crippen LogP contribution in [-0.4, -0.2) is 57.3 Å². The highest BCUT2D eigenvalue weighted by atomic mass is 32.1. The highest BCUT2D eigenvalue weighted by Gasteiger charge is 2.46. The van der Waals surface area contributed by atoms with Gasteiger partial charge in [-0.25, -0.2) is 4.98 Å². The molecule has 0 unspecified atom stereocenters. The SMILES string of the molecule is O=C(CCn1cnc2ccccc2c1=O)N1CCN(C(=O)[C@@H]2C[C@H]2c2cccs2)CC1.